The molecule has 1 fully saturated rings. The quantitative estimate of drug-likeness (QED) is 0.758. The Labute approximate surface area is 110 Å². The number of carbonyl (C=O) groups is 1. The monoisotopic (exact) mass is 264 g/mol. The highest BCUT2D eigenvalue weighted by atomic mass is 16.5. The van der Waals surface area contributed by atoms with Gasteiger partial charge in [-0.2, -0.15) is 0 Å². The van der Waals surface area contributed by atoms with Gasteiger partial charge in [0.1, 0.15) is 17.0 Å². The van der Waals surface area contributed by atoms with Gasteiger partial charge in [-0.05, 0) is 24.5 Å². The maximum Gasteiger partial charge on any atom is 0.272 e. The molecule has 2 aliphatic heterocycles. The second kappa shape index (κ2) is 4.47. The minimum absolute atomic E-state index is 0.150. The number of ether oxygens (including phenoxy) is 1. The van der Waals surface area contributed by atoms with Crippen molar-refractivity contribution in [2.45, 2.75) is 18.4 Å². The van der Waals surface area contributed by atoms with Crippen molar-refractivity contribution in [3.05, 3.63) is 23.5 Å². The molecule has 0 unspecified atom stereocenters. The number of aryl methyl sites for hydroxylation is 1. The molecule has 1 aromatic heterocycles. The number of rotatable bonds is 2. The van der Waals surface area contributed by atoms with Crippen LogP contribution in [0.15, 0.2) is 12.3 Å². The molecule has 2 N–H and O–H groups in total. The van der Waals surface area contributed by atoms with Gasteiger partial charge in [-0.3, -0.25) is 4.79 Å². The van der Waals surface area contributed by atoms with Gasteiger partial charge in [0.05, 0.1) is 32.5 Å². The van der Waals surface area contributed by atoms with Gasteiger partial charge in [-0.1, -0.05) is 0 Å². The van der Waals surface area contributed by atoms with E-state index in [0.717, 1.165) is 24.2 Å². The Bertz CT molecular complexity index is 511. The van der Waals surface area contributed by atoms with Gasteiger partial charge in [-0.15, -0.1) is 0 Å². The third kappa shape index (κ3) is 2.17. The van der Waals surface area contributed by atoms with Crippen molar-refractivity contribution in [1.29, 1.82) is 0 Å². The lowest BCUT2D eigenvalue weighted by Gasteiger charge is -2.45. The van der Waals surface area contributed by atoms with Crippen molar-refractivity contribution in [2.24, 2.45) is 0 Å². The summed E-state index contributed by atoms with van der Waals surface area (Å²) in [6.07, 6.45) is 3.41. The van der Waals surface area contributed by atoms with Gasteiger partial charge >= 0.3 is 0 Å². The number of β-amino-alcohol motifs (C(OH)–C–C–N with tert-alkyl or cyclic N) is 1. The SMILES string of the molecule is O=C(c1cc2c(cn1)OCCC2)N1CC(O)(CO)C1. The average molecular weight is 264 g/mol. The lowest BCUT2D eigenvalue weighted by Crippen LogP contribution is -2.65. The van der Waals surface area contributed by atoms with Crippen LogP contribution in [-0.4, -0.2) is 57.9 Å². The summed E-state index contributed by atoms with van der Waals surface area (Å²) in [6, 6.07) is 1.76. The lowest BCUT2D eigenvalue weighted by molar-refractivity contribution is -0.110. The zero-order valence-corrected chi connectivity index (χ0v) is 10.5. The fraction of sp³-hybridized carbons (Fsp3) is 0.538. The minimum atomic E-state index is -1.15. The number of hydrogen-bond donors (Lipinski definition) is 2. The van der Waals surface area contributed by atoms with Crippen LogP contribution in [0.5, 0.6) is 5.75 Å². The van der Waals surface area contributed by atoms with Crippen molar-refractivity contribution in [1.82, 2.24) is 9.88 Å². The molecule has 0 aromatic carbocycles. The van der Waals surface area contributed by atoms with E-state index >= 15 is 0 Å². The number of likely N-dealkylation sites (tertiary alicyclic amines) is 1. The number of aromatic nitrogens is 1. The maximum absolute atomic E-state index is 12.1. The van der Waals surface area contributed by atoms with E-state index in [9.17, 15) is 9.90 Å². The molecule has 0 bridgehead atoms. The van der Waals surface area contributed by atoms with Crippen LogP contribution < -0.4 is 4.74 Å². The molecule has 0 aliphatic carbocycles. The molecule has 1 aromatic rings. The highest BCUT2D eigenvalue weighted by molar-refractivity contribution is 5.93. The Morgan fingerprint density at radius 2 is 2.32 bits per heavy atom. The van der Waals surface area contributed by atoms with E-state index in [4.69, 9.17) is 9.84 Å². The molecule has 0 saturated carbocycles. The Kier molecular flexibility index (Phi) is 2.91. The standard InChI is InChI=1S/C13H16N2O4/c16-8-13(18)6-15(7-13)12(17)10-4-9-2-1-3-19-11(9)5-14-10/h4-5,16,18H,1-3,6-8H2. The normalized spacial score (nSPS) is 20.2. The highest BCUT2D eigenvalue weighted by Gasteiger charge is 2.43. The number of carbonyl (C=O) groups excluding carboxylic acids is 1. The molecular weight excluding hydrogens is 248 g/mol. The summed E-state index contributed by atoms with van der Waals surface area (Å²) in [6.45, 7) is 0.662. The third-order valence-corrected chi connectivity index (χ3v) is 3.57. The van der Waals surface area contributed by atoms with Crippen molar-refractivity contribution >= 4 is 5.91 Å². The first-order chi connectivity index (χ1) is 9.11. The van der Waals surface area contributed by atoms with Crippen molar-refractivity contribution < 1.29 is 19.7 Å². The average Bonchev–Trinajstić information content (AvgIpc) is 2.42. The van der Waals surface area contributed by atoms with E-state index in [1.165, 1.54) is 4.90 Å². The van der Waals surface area contributed by atoms with Crippen LogP contribution in [0.4, 0.5) is 0 Å². The van der Waals surface area contributed by atoms with Crippen LogP contribution in [0, 0.1) is 0 Å². The third-order valence-electron chi connectivity index (χ3n) is 3.57. The summed E-state index contributed by atoms with van der Waals surface area (Å²) < 4.78 is 5.45. The maximum atomic E-state index is 12.1. The van der Waals surface area contributed by atoms with Crippen LogP contribution in [0.1, 0.15) is 22.5 Å². The Balaban J connectivity index is 1.74. The summed E-state index contributed by atoms with van der Waals surface area (Å²) >= 11 is 0. The second-order valence-electron chi connectivity index (χ2n) is 5.17. The van der Waals surface area contributed by atoms with Crippen molar-refractivity contribution in [3.63, 3.8) is 0 Å². The first-order valence-corrected chi connectivity index (χ1v) is 6.35. The van der Waals surface area contributed by atoms with Crippen LogP contribution in [-0.2, 0) is 6.42 Å². The zero-order chi connectivity index (χ0) is 13.5. The van der Waals surface area contributed by atoms with Gasteiger partial charge in [-0.25, -0.2) is 4.98 Å². The fourth-order valence-corrected chi connectivity index (χ4v) is 2.44. The number of aliphatic hydroxyl groups excluding tert-OH is 1. The summed E-state index contributed by atoms with van der Waals surface area (Å²) in [5.41, 5.74) is 0.222. The molecule has 0 spiro atoms. The molecule has 1 amide bonds. The summed E-state index contributed by atoms with van der Waals surface area (Å²) in [4.78, 5) is 17.7. The van der Waals surface area contributed by atoms with Gasteiger partial charge in [0.15, 0.2) is 0 Å². The topological polar surface area (TPSA) is 82.9 Å². The molecular formula is C13H16N2O4. The van der Waals surface area contributed by atoms with Gasteiger partial charge in [0.2, 0.25) is 0 Å². The lowest BCUT2D eigenvalue weighted by atomic mass is 9.94. The number of nitrogens with zero attached hydrogens (tertiary/aromatic N) is 2. The molecule has 19 heavy (non-hydrogen) atoms. The van der Waals surface area contributed by atoms with E-state index in [-0.39, 0.29) is 25.6 Å². The first kappa shape index (κ1) is 12.4. The van der Waals surface area contributed by atoms with E-state index in [0.29, 0.717) is 12.3 Å². The number of fused-ring (bicyclic) bond motifs is 1. The predicted molar refractivity (Wildman–Crippen MR) is 66.0 cm³/mol. The first-order valence-electron chi connectivity index (χ1n) is 6.35. The summed E-state index contributed by atoms with van der Waals surface area (Å²) in [5.74, 6) is 0.532. The smallest absolute Gasteiger partial charge is 0.272 e. The number of pyridine rings is 1. The minimum Gasteiger partial charge on any atom is -0.492 e. The molecule has 0 atom stereocenters. The molecule has 3 heterocycles. The number of hydrogen-bond acceptors (Lipinski definition) is 5. The van der Waals surface area contributed by atoms with E-state index in [1.54, 1.807) is 12.3 Å². The molecule has 1 saturated heterocycles. The summed E-state index contributed by atoms with van der Waals surface area (Å²) in [5, 5.41) is 18.6. The Morgan fingerprint density at radius 3 is 3.05 bits per heavy atom. The number of amides is 1. The van der Waals surface area contributed by atoms with Gasteiger partial charge < -0.3 is 19.8 Å². The molecule has 6 nitrogen and oxygen atoms in total. The summed E-state index contributed by atoms with van der Waals surface area (Å²) in [7, 11) is 0. The fourth-order valence-electron chi connectivity index (χ4n) is 2.44. The Morgan fingerprint density at radius 1 is 1.53 bits per heavy atom. The number of aliphatic hydroxyl groups is 2. The zero-order valence-electron chi connectivity index (χ0n) is 10.5. The van der Waals surface area contributed by atoms with Crippen molar-refractivity contribution in [3.8, 4) is 5.75 Å². The highest BCUT2D eigenvalue weighted by Crippen LogP contribution is 2.26. The molecule has 102 valence electrons. The predicted octanol–water partition coefficient (Wildman–Crippen LogP) is -0.414. The largest absolute Gasteiger partial charge is 0.492 e. The van der Waals surface area contributed by atoms with Crippen molar-refractivity contribution in [2.75, 3.05) is 26.3 Å². The van der Waals surface area contributed by atoms with Gasteiger partial charge in [0.25, 0.3) is 5.91 Å². The molecule has 2 aliphatic rings. The van der Waals surface area contributed by atoms with E-state index in [2.05, 4.69) is 4.98 Å². The van der Waals surface area contributed by atoms with Crippen LogP contribution in [0.25, 0.3) is 0 Å². The van der Waals surface area contributed by atoms with Gasteiger partial charge in [0, 0.05) is 0 Å². The second-order valence-corrected chi connectivity index (χ2v) is 5.17. The molecule has 0 radical (unpaired) electrons. The van der Waals surface area contributed by atoms with E-state index < -0.39 is 5.60 Å². The van der Waals surface area contributed by atoms with Crippen LogP contribution >= 0.6 is 0 Å². The molecule has 6 heteroatoms. The van der Waals surface area contributed by atoms with Crippen LogP contribution in [0.3, 0.4) is 0 Å². The van der Waals surface area contributed by atoms with E-state index in [1.807, 2.05) is 0 Å². The Hall–Kier alpha value is -1.66. The molecule has 3 rings (SSSR count). The van der Waals surface area contributed by atoms with Crippen LogP contribution in [0.2, 0.25) is 0 Å².